The van der Waals surface area contributed by atoms with E-state index >= 15 is 0 Å². The van der Waals surface area contributed by atoms with Crippen LogP contribution in [-0.2, 0) is 12.8 Å². The Kier molecular flexibility index (Phi) is 5.57. The number of aryl methyl sites for hydroxylation is 1. The standard InChI is InChI=1S/C18H26N2O/c1-4-17(5-2)20-11-10-16(19-20)13-18(21)12-15-9-7-6-8-14(15)3/h6-11,17-18,21H,4-5,12-13H2,1-3H3. The minimum absolute atomic E-state index is 0.379. The van der Waals surface area contributed by atoms with Crippen molar-refractivity contribution in [3.05, 3.63) is 53.3 Å². The molecule has 0 radical (unpaired) electrons. The molecule has 1 aromatic carbocycles. The van der Waals surface area contributed by atoms with Crippen molar-refractivity contribution in [2.45, 2.75) is 58.6 Å². The highest BCUT2D eigenvalue weighted by Gasteiger charge is 2.12. The molecule has 0 fully saturated rings. The Morgan fingerprint density at radius 1 is 1.10 bits per heavy atom. The largest absolute Gasteiger partial charge is 0.392 e. The molecule has 2 rings (SSSR count). The van der Waals surface area contributed by atoms with Crippen LogP contribution < -0.4 is 0 Å². The zero-order chi connectivity index (χ0) is 15.2. The summed E-state index contributed by atoms with van der Waals surface area (Å²) in [7, 11) is 0. The van der Waals surface area contributed by atoms with Gasteiger partial charge in [0.1, 0.15) is 0 Å². The van der Waals surface area contributed by atoms with Gasteiger partial charge in [0, 0.05) is 12.6 Å². The third kappa shape index (κ3) is 4.18. The van der Waals surface area contributed by atoms with Crippen molar-refractivity contribution in [3.63, 3.8) is 0 Å². The zero-order valence-corrected chi connectivity index (χ0v) is 13.3. The van der Waals surface area contributed by atoms with Gasteiger partial charge in [-0.1, -0.05) is 38.1 Å². The molecule has 3 nitrogen and oxygen atoms in total. The van der Waals surface area contributed by atoms with Gasteiger partial charge in [-0.15, -0.1) is 0 Å². The molecule has 3 heteroatoms. The lowest BCUT2D eigenvalue weighted by Gasteiger charge is -2.13. The summed E-state index contributed by atoms with van der Waals surface area (Å²) in [6.45, 7) is 6.45. The Labute approximate surface area is 127 Å². The number of nitrogens with zero attached hydrogens (tertiary/aromatic N) is 2. The summed E-state index contributed by atoms with van der Waals surface area (Å²) in [6.07, 6.45) is 5.13. The Bertz CT molecular complexity index is 558. The lowest BCUT2D eigenvalue weighted by molar-refractivity contribution is 0.173. The van der Waals surface area contributed by atoms with E-state index in [0.717, 1.165) is 18.5 Å². The Morgan fingerprint density at radius 2 is 1.81 bits per heavy atom. The van der Waals surface area contributed by atoms with Crippen LogP contribution in [0.3, 0.4) is 0 Å². The molecule has 1 heterocycles. The summed E-state index contributed by atoms with van der Waals surface area (Å²) in [4.78, 5) is 0. The molecule has 1 unspecified atom stereocenters. The van der Waals surface area contributed by atoms with E-state index in [0.29, 0.717) is 18.9 Å². The topological polar surface area (TPSA) is 38.0 Å². The van der Waals surface area contributed by atoms with Crippen molar-refractivity contribution < 1.29 is 5.11 Å². The Hall–Kier alpha value is -1.61. The molecule has 0 bridgehead atoms. The highest BCUT2D eigenvalue weighted by molar-refractivity contribution is 5.26. The molecule has 0 amide bonds. The summed E-state index contributed by atoms with van der Waals surface area (Å²) >= 11 is 0. The second-order valence-electron chi connectivity index (χ2n) is 5.75. The van der Waals surface area contributed by atoms with Gasteiger partial charge in [0.2, 0.25) is 0 Å². The monoisotopic (exact) mass is 286 g/mol. The van der Waals surface area contributed by atoms with Gasteiger partial charge in [-0.05, 0) is 43.4 Å². The number of aromatic nitrogens is 2. The van der Waals surface area contributed by atoms with Gasteiger partial charge >= 0.3 is 0 Å². The van der Waals surface area contributed by atoms with Gasteiger partial charge < -0.3 is 5.11 Å². The SMILES string of the molecule is CCC(CC)n1ccc(CC(O)Cc2ccccc2C)n1. The smallest absolute Gasteiger partial charge is 0.0650 e. The molecule has 0 aliphatic rings. The summed E-state index contributed by atoms with van der Waals surface area (Å²) < 4.78 is 2.04. The molecule has 1 atom stereocenters. The van der Waals surface area contributed by atoms with E-state index < -0.39 is 0 Å². The molecule has 21 heavy (non-hydrogen) atoms. The molecule has 114 valence electrons. The first-order valence-corrected chi connectivity index (χ1v) is 7.90. The second kappa shape index (κ2) is 7.41. The number of rotatable bonds is 7. The highest BCUT2D eigenvalue weighted by Crippen LogP contribution is 2.16. The van der Waals surface area contributed by atoms with Gasteiger partial charge in [0.15, 0.2) is 0 Å². The summed E-state index contributed by atoms with van der Waals surface area (Å²) in [5.74, 6) is 0. The van der Waals surface area contributed by atoms with Crippen LogP contribution in [0.5, 0.6) is 0 Å². The molecular weight excluding hydrogens is 260 g/mol. The molecule has 1 aromatic heterocycles. The molecular formula is C18H26N2O. The minimum Gasteiger partial charge on any atom is -0.392 e. The maximum Gasteiger partial charge on any atom is 0.0650 e. The van der Waals surface area contributed by atoms with Crippen LogP contribution in [0, 0.1) is 6.92 Å². The van der Waals surface area contributed by atoms with Crippen molar-refractivity contribution >= 4 is 0 Å². The molecule has 0 saturated heterocycles. The van der Waals surface area contributed by atoms with Crippen molar-refractivity contribution in [2.24, 2.45) is 0 Å². The van der Waals surface area contributed by atoms with E-state index in [1.807, 2.05) is 29.1 Å². The van der Waals surface area contributed by atoms with E-state index in [-0.39, 0.29) is 6.10 Å². The highest BCUT2D eigenvalue weighted by atomic mass is 16.3. The van der Waals surface area contributed by atoms with Crippen LogP contribution in [0.1, 0.15) is 49.6 Å². The van der Waals surface area contributed by atoms with E-state index in [1.54, 1.807) is 0 Å². The van der Waals surface area contributed by atoms with Crippen molar-refractivity contribution in [1.29, 1.82) is 0 Å². The predicted molar refractivity (Wildman–Crippen MR) is 86.4 cm³/mol. The van der Waals surface area contributed by atoms with Gasteiger partial charge in [-0.25, -0.2) is 0 Å². The third-order valence-corrected chi connectivity index (χ3v) is 4.14. The van der Waals surface area contributed by atoms with Gasteiger partial charge in [-0.2, -0.15) is 5.10 Å². The number of benzene rings is 1. The summed E-state index contributed by atoms with van der Waals surface area (Å²) in [6, 6.07) is 10.7. The van der Waals surface area contributed by atoms with E-state index in [2.05, 4.69) is 38.0 Å². The number of aliphatic hydroxyl groups is 1. The first-order chi connectivity index (χ1) is 10.1. The van der Waals surface area contributed by atoms with Crippen molar-refractivity contribution in [1.82, 2.24) is 9.78 Å². The molecule has 0 aliphatic carbocycles. The zero-order valence-electron chi connectivity index (χ0n) is 13.3. The molecule has 0 aliphatic heterocycles. The average molecular weight is 286 g/mol. The molecule has 2 aromatic rings. The molecule has 1 N–H and O–H groups in total. The fourth-order valence-corrected chi connectivity index (χ4v) is 2.76. The fourth-order valence-electron chi connectivity index (χ4n) is 2.76. The maximum absolute atomic E-state index is 10.3. The third-order valence-electron chi connectivity index (χ3n) is 4.14. The summed E-state index contributed by atoms with van der Waals surface area (Å²) in [5, 5.41) is 14.9. The minimum atomic E-state index is -0.379. The van der Waals surface area contributed by atoms with Crippen LogP contribution >= 0.6 is 0 Å². The van der Waals surface area contributed by atoms with Crippen LogP contribution in [0.2, 0.25) is 0 Å². The quantitative estimate of drug-likeness (QED) is 0.843. The lowest BCUT2D eigenvalue weighted by Crippen LogP contribution is -2.16. The van der Waals surface area contributed by atoms with E-state index in [1.165, 1.54) is 11.1 Å². The number of aliphatic hydroxyl groups excluding tert-OH is 1. The van der Waals surface area contributed by atoms with Crippen LogP contribution in [-0.4, -0.2) is 21.0 Å². The first-order valence-electron chi connectivity index (χ1n) is 7.90. The predicted octanol–water partition coefficient (Wildman–Crippen LogP) is 3.70. The Morgan fingerprint density at radius 3 is 2.48 bits per heavy atom. The summed E-state index contributed by atoms with van der Waals surface area (Å²) in [5.41, 5.74) is 3.42. The van der Waals surface area contributed by atoms with Crippen LogP contribution in [0.25, 0.3) is 0 Å². The fraction of sp³-hybridized carbons (Fsp3) is 0.500. The molecule has 0 saturated carbocycles. The number of hydrogen-bond donors (Lipinski definition) is 1. The van der Waals surface area contributed by atoms with Crippen LogP contribution in [0.4, 0.5) is 0 Å². The van der Waals surface area contributed by atoms with Gasteiger partial charge in [-0.3, -0.25) is 4.68 Å². The molecule has 0 spiro atoms. The lowest BCUT2D eigenvalue weighted by atomic mass is 10.0. The van der Waals surface area contributed by atoms with Crippen molar-refractivity contribution in [2.75, 3.05) is 0 Å². The first kappa shape index (κ1) is 15.8. The number of hydrogen-bond acceptors (Lipinski definition) is 2. The van der Waals surface area contributed by atoms with Crippen LogP contribution in [0.15, 0.2) is 36.5 Å². The van der Waals surface area contributed by atoms with E-state index in [9.17, 15) is 5.11 Å². The van der Waals surface area contributed by atoms with Crippen molar-refractivity contribution in [3.8, 4) is 0 Å². The van der Waals surface area contributed by atoms with Gasteiger partial charge in [0.05, 0.1) is 17.8 Å². The normalized spacial score (nSPS) is 12.8. The Balaban J connectivity index is 1.97. The second-order valence-corrected chi connectivity index (χ2v) is 5.75. The average Bonchev–Trinajstić information content (AvgIpc) is 2.91. The maximum atomic E-state index is 10.3. The van der Waals surface area contributed by atoms with E-state index in [4.69, 9.17) is 0 Å². The van der Waals surface area contributed by atoms with Gasteiger partial charge in [0.25, 0.3) is 0 Å².